The summed E-state index contributed by atoms with van der Waals surface area (Å²) >= 11 is 0. The summed E-state index contributed by atoms with van der Waals surface area (Å²) in [5, 5.41) is 21.5. The molecule has 0 aromatic rings. The molecule has 0 radical (unpaired) electrons. The molecule has 0 saturated heterocycles. The zero-order chi connectivity index (χ0) is 12.0. The van der Waals surface area contributed by atoms with Gasteiger partial charge in [0.25, 0.3) is 0 Å². The van der Waals surface area contributed by atoms with Gasteiger partial charge in [-0.05, 0) is 6.92 Å². The molecular weight excluding hydrogens is 204 g/mol. The fourth-order valence-corrected chi connectivity index (χ4v) is 0.853. The lowest BCUT2D eigenvalue weighted by Crippen LogP contribution is -2.51. The molecule has 0 heterocycles. The van der Waals surface area contributed by atoms with Gasteiger partial charge in [-0.15, -0.1) is 0 Å². The van der Waals surface area contributed by atoms with Crippen LogP contribution in [-0.2, 0) is 14.4 Å². The normalized spacial score (nSPS) is 13.8. The van der Waals surface area contributed by atoms with Crippen LogP contribution in [0.4, 0.5) is 0 Å². The number of hydrogen-bond acceptors (Lipinski definition) is 4. The Balaban J connectivity index is 4.21. The van der Waals surface area contributed by atoms with Gasteiger partial charge in [-0.3, -0.25) is 9.59 Å². The van der Waals surface area contributed by atoms with E-state index in [0.29, 0.717) is 0 Å². The molecule has 7 heteroatoms. The highest BCUT2D eigenvalue weighted by Crippen LogP contribution is 1.87. The molecular formula is C8H14N2O5. The molecule has 1 unspecified atom stereocenters. The number of aliphatic hydroxyl groups is 1. The average Bonchev–Trinajstić information content (AvgIpc) is 2.11. The van der Waals surface area contributed by atoms with E-state index in [9.17, 15) is 14.4 Å². The molecule has 0 bridgehead atoms. The highest BCUT2D eigenvalue weighted by molar-refractivity contribution is 5.89. The van der Waals surface area contributed by atoms with Gasteiger partial charge in [-0.2, -0.15) is 0 Å². The fraction of sp³-hybridized carbons (Fsp3) is 0.625. The summed E-state index contributed by atoms with van der Waals surface area (Å²) in [5.74, 6) is -2.39. The van der Waals surface area contributed by atoms with Gasteiger partial charge in [0.1, 0.15) is 12.1 Å². The van der Waals surface area contributed by atoms with Gasteiger partial charge in [0.15, 0.2) is 0 Å². The molecule has 0 spiro atoms. The highest BCUT2D eigenvalue weighted by Gasteiger charge is 2.22. The quantitative estimate of drug-likeness (QED) is 0.429. The third-order valence-corrected chi connectivity index (χ3v) is 1.61. The third kappa shape index (κ3) is 4.96. The molecule has 0 aliphatic heterocycles. The lowest BCUT2D eigenvalue weighted by atomic mass is 10.2. The van der Waals surface area contributed by atoms with E-state index in [2.05, 4.69) is 10.6 Å². The van der Waals surface area contributed by atoms with Crippen LogP contribution in [0.1, 0.15) is 13.8 Å². The zero-order valence-electron chi connectivity index (χ0n) is 8.48. The number of carboxylic acids is 1. The Labute approximate surface area is 86.5 Å². The minimum Gasteiger partial charge on any atom is -0.480 e. The molecule has 15 heavy (non-hydrogen) atoms. The number of nitrogens with one attached hydrogen (secondary N) is 2. The second-order valence-corrected chi connectivity index (χ2v) is 3.00. The third-order valence-electron chi connectivity index (χ3n) is 1.61. The van der Waals surface area contributed by atoms with E-state index >= 15 is 0 Å². The van der Waals surface area contributed by atoms with E-state index in [0.717, 1.165) is 0 Å². The Morgan fingerprint density at radius 3 is 2.13 bits per heavy atom. The van der Waals surface area contributed by atoms with Crippen LogP contribution in [0, 0.1) is 0 Å². The molecule has 0 aromatic heterocycles. The Bertz CT molecular complexity index is 266. The summed E-state index contributed by atoms with van der Waals surface area (Å²) in [5.41, 5.74) is 0. The van der Waals surface area contributed by atoms with Crippen LogP contribution < -0.4 is 10.6 Å². The van der Waals surface area contributed by atoms with Crippen molar-refractivity contribution < 1.29 is 24.6 Å². The van der Waals surface area contributed by atoms with E-state index in [1.807, 2.05) is 0 Å². The summed E-state index contributed by atoms with van der Waals surface area (Å²) in [6.07, 6.45) is 0. The first-order chi connectivity index (χ1) is 6.88. The maximum absolute atomic E-state index is 11.3. The van der Waals surface area contributed by atoms with Crippen molar-refractivity contribution in [3.05, 3.63) is 0 Å². The number of carbonyl (C=O) groups excluding carboxylic acids is 2. The topological polar surface area (TPSA) is 116 Å². The van der Waals surface area contributed by atoms with Gasteiger partial charge in [0.2, 0.25) is 11.8 Å². The number of rotatable bonds is 5. The van der Waals surface area contributed by atoms with Gasteiger partial charge in [-0.25, -0.2) is 4.79 Å². The van der Waals surface area contributed by atoms with Crippen molar-refractivity contribution in [3.63, 3.8) is 0 Å². The molecule has 0 rings (SSSR count). The summed E-state index contributed by atoms with van der Waals surface area (Å²) in [6.45, 7) is 1.95. The van der Waals surface area contributed by atoms with Crippen molar-refractivity contribution in [1.82, 2.24) is 10.6 Å². The van der Waals surface area contributed by atoms with E-state index in [-0.39, 0.29) is 0 Å². The largest absolute Gasteiger partial charge is 0.480 e. The maximum Gasteiger partial charge on any atom is 0.328 e. The minimum absolute atomic E-state index is 0.395. The second kappa shape index (κ2) is 5.97. The zero-order valence-corrected chi connectivity index (χ0v) is 8.48. The second-order valence-electron chi connectivity index (χ2n) is 3.00. The SMILES string of the molecule is CC(=O)NC(C)C(=O)N[C@@H](CO)C(=O)O. The highest BCUT2D eigenvalue weighted by atomic mass is 16.4. The van der Waals surface area contributed by atoms with Gasteiger partial charge >= 0.3 is 5.97 Å². The number of amides is 2. The molecule has 0 fully saturated rings. The molecule has 2 atom stereocenters. The molecule has 0 saturated carbocycles. The Morgan fingerprint density at radius 1 is 1.27 bits per heavy atom. The van der Waals surface area contributed by atoms with Gasteiger partial charge in [0, 0.05) is 6.92 Å². The molecule has 7 nitrogen and oxygen atoms in total. The first-order valence-corrected chi connectivity index (χ1v) is 4.29. The van der Waals surface area contributed by atoms with Gasteiger partial charge in [0.05, 0.1) is 6.61 Å². The first-order valence-electron chi connectivity index (χ1n) is 4.29. The average molecular weight is 218 g/mol. The minimum atomic E-state index is -1.35. The Hall–Kier alpha value is -1.63. The Kier molecular flexibility index (Phi) is 5.32. The van der Waals surface area contributed by atoms with Crippen LogP contribution in [0.25, 0.3) is 0 Å². The Morgan fingerprint density at radius 2 is 1.80 bits per heavy atom. The number of hydrogen-bond donors (Lipinski definition) is 4. The summed E-state index contributed by atoms with van der Waals surface area (Å²) in [7, 11) is 0. The van der Waals surface area contributed by atoms with Crippen LogP contribution in [0.2, 0.25) is 0 Å². The van der Waals surface area contributed by atoms with Crippen molar-refractivity contribution >= 4 is 17.8 Å². The van der Waals surface area contributed by atoms with Crippen molar-refractivity contribution in [1.29, 1.82) is 0 Å². The maximum atomic E-state index is 11.3. The standard InChI is InChI=1S/C8H14N2O5/c1-4(9-5(2)12)7(13)10-6(3-11)8(14)15/h4,6,11H,3H2,1-2H3,(H,9,12)(H,10,13)(H,14,15)/t4?,6-/m0/s1. The number of carboxylic acid groups (broad SMARTS) is 1. The molecule has 4 N–H and O–H groups in total. The van der Waals surface area contributed by atoms with Crippen molar-refractivity contribution in [2.45, 2.75) is 25.9 Å². The van der Waals surface area contributed by atoms with Crippen LogP contribution in [-0.4, -0.2) is 46.7 Å². The molecule has 86 valence electrons. The van der Waals surface area contributed by atoms with Crippen molar-refractivity contribution in [2.75, 3.05) is 6.61 Å². The predicted octanol–water partition coefficient (Wildman–Crippen LogP) is -1.93. The van der Waals surface area contributed by atoms with Gasteiger partial charge in [-0.1, -0.05) is 0 Å². The van der Waals surface area contributed by atoms with Crippen LogP contribution in [0.15, 0.2) is 0 Å². The van der Waals surface area contributed by atoms with E-state index in [1.165, 1.54) is 13.8 Å². The van der Waals surface area contributed by atoms with Crippen LogP contribution >= 0.6 is 0 Å². The summed E-state index contributed by atoms with van der Waals surface area (Å²) in [6, 6.07) is -2.19. The lowest BCUT2D eigenvalue weighted by Gasteiger charge is -2.16. The number of aliphatic hydroxyl groups excluding tert-OH is 1. The molecule has 0 aliphatic rings. The molecule has 2 amide bonds. The van der Waals surface area contributed by atoms with Crippen molar-refractivity contribution in [3.8, 4) is 0 Å². The lowest BCUT2D eigenvalue weighted by molar-refractivity contribution is -0.143. The monoisotopic (exact) mass is 218 g/mol. The number of aliphatic carboxylic acids is 1. The van der Waals surface area contributed by atoms with Crippen molar-refractivity contribution in [2.24, 2.45) is 0 Å². The van der Waals surface area contributed by atoms with E-state index in [1.54, 1.807) is 0 Å². The van der Waals surface area contributed by atoms with Crippen LogP contribution in [0.5, 0.6) is 0 Å². The summed E-state index contributed by atoms with van der Waals surface area (Å²) in [4.78, 5) is 32.3. The predicted molar refractivity (Wildman–Crippen MR) is 49.9 cm³/mol. The first kappa shape index (κ1) is 13.4. The van der Waals surface area contributed by atoms with E-state index in [4.69, 9.17) is 10.2 Å². The van der Waals surface area contributed by atoms with E-state index < -0.39 is 36.5 Å². The van der Waals surface area contributed by atoms with Crippen LogP contribution in [0.3, 0.4) is 0 Å². The smallest absolute Gasteiger partial charge is 0.328 e. The molecule has 0 aromatic carbocycles. The summed E-state index contributed by atoms with van der Waals surface area (Å²) < 4.78 is 0. The molecule has 0 aliphatic carbocycles. The fourth-order valence-electron chi connectivity index (χ4n) is 0.853. The number of carbonyl (C=O) groups is 3. The van der Waals surface area contributed by atoms with Gasteiger partial charge < -0.3 is 20.8 Å².